The van der Waals surface area contributed by atoms with Gasteiger partial charge in [-0.3, -0.25) is 9.59 Å². The van der Waals surface area contributed by atoms with Gasteiger partial charge in [0.05, 0.1) is 40.3 Å². The monoisotopic (exact) mass is 940 g/mol. The summed E-state index contributed by atoms with van der Waals surface area (Å²) < 4.78 is 17.2. The van der Waals surface area contributed by atoms with Gasteiger partial charge in [-0.1, -0.05) is 173 Å². The van der Waals surface area contributed by atoms with Crippen LogP contribution in [-0.4, -0.2) is 75.5 Å². The maximum absolute atomic E-state index is 12.8. The number of nitrogens with zero attached hydrogens (tertiary/aromatic N) is 1. The van der Waals surface area contributed by atoms with Gasteiger partial charge in [0.1, 0.15) is 12.6 Å². The van der Waals surface area contributed by atoms with Crippen molar-refractivity contribution in [3.63, 3.8) is 0 Å². The van der Waals surface area contributed by atoms with Crippen LogP contribution in [0, 0.1) is 0 Å². The van der Waals surface area contributed by atoms with E-state index in [0.29, 0.717) is 12.8 Å². The highest BCUT2D eigenvalue weighted by Crippen LogP contribution is 2.11. The molecule has 0 aromatic heterocycles. The van der Waals surface area contributed by atoms with Crippen molar-refractivity contribution >= 4 is 17.9 Å². The van der Waals surface area contributed by atoms with E-state index >= 15 is 0 Å². The molecule has 0 radical (unpaired) electrons. The van der Waals surface area contributed by atoms with Crippen LogP contribution < -0.4 is 5.11 Å². The minimum Gasteiger partial charge on any atom is -0.544 e. The summed E-state index contributed by atoms with van der Waals surface area (Å²) in [6, 6.07) is -0.749. The minimum absolute atomic E-state index is 0.00304. The highest BCUT2D eigenvalue weighted by atomic mass is 16.6. The van der Waals surface area contributed by atoms with Gasteiger partial charge >= 0.3 is 11.9 Å². The zero-order chi connectivity index (χ0) is 49.9. The molecule has 8 nitrogen and oxygen atoms in total. The Labute approximate surface area is 415 Å². The summed E-state index contributed by atoms with van der Waals surface area (Å²) >= 11 is 0. The lowest BCUT2D eigenvalue weighted by Crippen LogP contribution is -2.55. The van der Waals surface area contributed by atoms with E-state index in [1.165, 1.54) is 0 Å². The molecule has 0 bridgehead atoms. The summed E-state index contributed by atoms with van der Waals surface area (Å²) in [6.45, 7) is 4.33. The third-order valence-corrected chi connectivity index (χ3v) is 10.5. The molecular formula is C60H93NO7. The van der Waals surface area contributed by atoms with E-state index in [-0.39, 0.29) is 49.1 Å². The molecule has 0 aliphatic heterocycles. The number of carboxylic acid groups (broad SMARTS) is 1. The van der Waals surface area contributed by atoms with Crippen LogP contribution in [0.1, 0.15) is 162 Å². The SMILES string of the molecule is CC/C=C/C/C=C/C/C=C/C/C=C/C/C=C/C/C=C/CCCCCCC(=O)OCC(COCCC(C(=O)[O-])[N+](C)(C)C)OC(=O)CCCC/C=C/C/C=C/C/C=C/C/C=C/C/C=C/C/C=C/CC. The number of unbranched alkanes of at least 4 members (excludes halogenated alkanes) is 6. The van der Waals surface area contributed by atoms with E-state index in [2.05, 4.69) is 160 Å². The van der Waals surface area contributed by atoms with E-state index < -0.39 is 18.1 Å². The van der Waals surface area contributed by atoms with Gasteiger partial charge in [-0.2, -0.15) is 0 Å². The van der Waals surface area contributed by atoms with Crippen LogP contribution in [0.2, 0.25) is 0 Å². The highest BCUT2D eigenvalue weighted by molar-refractivity contribution is 5.70. The molecule has 0 aromatic rings. The van der Waals surface area contributed by atoms with E-state index in [1.807, 2.05) is 0 Å². The van der Waals surface area contributed by atoms with Crippen LogP contribution in [-0.2, 0) is 28.6 Å². The number of ether oxygens (including phenoxy) is 3. The molecule has 0 saturated heterocycles. The zero-order valence-electron chi connectivity index (χ0n) is 43.2. The fraction of sp³-hybridized carbons (Fsp3) is 0.550. The Morgan fingerprint density at radius 1 is 0.441 bits per heavy atom. The molecule has 0 spiro atoms. The van der Waals surface area contributed by atoms with Crippen molar-refractivity contribution in [1.29, 1.82) is 0 Å². The molecule has 380 valence electrons. The highest BCUT2D eigenvalue weighted by Gasteiger charge is 2.25. The van der Waals surface area contributed by atoms with E-state index in [1.54, 1.807) is 21.1 Å². The lowest BCUT2D eigenvalue weighted by atomic mass is 10.1. The standard InChI is InChI=1S/C60H93NO7/c1-6-8-10-12-14-16-18-20-22-24-26-28-29-31-32-34-36-38-40-42-44-46-48-50-58(62)67-55-56(54-66-53-52-57(60(64)65)61(3,4)5)68-59(63)51-49-47-45-43-41-39-37-35-33-30-27-25-23-21-19-17-15-13-11-9-7-2/h8-11,14-17,20-23,26-28,30-32,35-38,41,43,56-57H,6-7,12-13,18-19,24-25,29,33-34,39-40,42,44-55H2,1-5H3/b10-8+,11-9+,16-14+,17-15+,22-20+,23-21+,28-26+,30-27+,32-31+,37-35+,38-36+,43-41+. The molecule has 2 atom stereocenters. The topological polar surface area (TPSA) is 102 Å². The van der Waals surface area contributed by atoms with Crippen molar-refractivity contribution in [3.05, 3.63) is 146 Å². The maximum atomic E-state index is 12.8. The number of carboxylic acids is 1. The zero-order valence-corrected chi connectivity index (χ0v) is 43.2. The quantitative estimate of drug-likeness (QED) is 0.0259. The van der Waals surface area contributed by atoms with Gasteiger partial charge in [-0.05, 0) is 116 Å². The first-order valence-electron chi connectivity index (χ1n) is 25.9. The average Bonchev–Trinajstić information content (AvgIpc) is 3.30. The number of esters is 2. The Balaban J connectivity index is 4.43. The summed E-state index contributed by atoms with van der Waals surface area (Å²) in [4.78, 5) is 37.1. The molecule has 0 aromatic carbocycles. The molecule has 0 aliphatic rings. The molecule has 0 aliphatic carbocycles. The van der Waals surface area contributed by atoms with Crippen molar-refractivity contribution in [2.24, 2.45) is 0 Å². The van der Waals surface area contributed by atoms with Gasteiger partial charge < -0.3 is 28.6 Å². The van der Waals surface area contributed by atoms with Gasteiger partial charge in [0.15, 0.2) is 6.10 Å². The van der Waals surface area contributed by atoms with E-state index in [9.17, 15) is 19.5 Å². The molecule has 0 heterocycles. The van der Waals surface area contributed by atoms with Gasteiger partial charge in [0.2, 0.25) is 0 Å². The summed E-state index contributed by atoms with van der Waals surface area (Å²) in [7, 11) is 5.37. The fourth-order valence-electron chi connectivity index (χ4n) is 6.55. The number of hydrogen-bond acceptors (Lipinski definition) is 7. The molecule has 2 unspecified atom stereocenters. The molecule has 68 heavy (non-hydrogen) atoms. The summed E-state index contributed by atoms with van der Waals surface area (Å²) in [6.07, 6.45) is 71.7. The van der Waals surface area contributed by atoms with Crippen molar-refractivity contribution in [3.8, 4) is 0 Å². The number of rotatable bonds is 44. The minimum atomic E-state index is -1.14. The molecule has 0 amide bonds. The van der Waals surface area contributed by atoms with Gasteiger partial charge in [0, 0.05) is 19.3 Å². The number of carbonyl (C=O) groups excluding carboxylic acids is 3. The number of allylic oxidation sites excluding steroid dienone is 24. The predicted octanol–water partition coefficient (Wildman–Crippen LogP) is 14.0. The van der Waals surface area contributed by atoms with Crippen LogP contribution in [0.5, 0.6) is 0 Å². The summed E-state index contributed by atoms with van der Waals surface area (Å²) in [5.41, 5.74) is 0. The lowest BCUT2D eigenvalue weighted by molar-refractivity contribution is -0.889. The van der Waals surface area contributed by atoms with Crippen molar-refractivity contribution < 1.29 is 38.2 Å². The Bertz CT molecular complexity index is 1610. The molecule has 8 heteroatoms. The number of quaternary nitrogens is 1. The number of hydrogen-bond donors (Lipinski definition) is 0. The second-order valence-electron chi connectivity index (χ2n) is 17.6. The van der Waals surface area contributed by atoms with Crippen LogP contribution >= 0.6 is 0 Å². The van der Waals surface area contributed by atoms with Gasteiger partial charge in [-0.15, -0.1) is 0 Å². The Kier molecular flexibility index (Phi) is 45.2. The van der Waals surface area contributed by atoms with E-state index in [4.69, 9.17) is 14.2 Å². The van der Waals surface area contributed by atoms with Crippen molar-refractivity contribution in [1.82, 2.24) is 0 Å². The average molecular weight is 940 g/mol. The largest absolute Gasteiger partial charge is 0.544 e. The molecule has 0 fully saturated rings. The molecule has 0 rings (SSSR count). The van der Waals surface area contributed by atoms with Crippen molar-refractivity contribution in [2.45, 2.75) is 174 Å². The fourth-order valence-corrected chi connectivity index (χ4v) is 6.55. The predicted molar refractivity (Wildman–Crippen MR) is 286 cm³/mol. The van der Waals surface area contributed by atoms with Crippen LogP contribution in [0.3, 0.4) is 0 Å². The van der Waals surface area contributed by atoms with E-state index in [0.717, 1.165) is 122 Å². The third-order valence-electron chi connectivity index (χ3n) is 10.5. The second-order valence-corrected chi connectivity index (χ2v) is 17.6. The van der Waals surface area contributed by atoms with Crippen molar-refractivity contribution in [2.75, 3.05) is 41.0 Å². The smallest absolute Gasteiger partial charge is 0.306 e. The normalized spacial score (nSPS) is 14.1. The Morgan fingerprint density at radius 3 is 1.16 bits per heavy atom. The molecule has 0 N–H and O–H groups in total. The van der Waals surface area contributed by atoms with Crippen LogP contribution in [0.15, 0.2) is 146 Å². The number of likely N-dealkylation sites (N-methyl/N-ethyl adjacent to an activating group) is 1. The van der Waals surface area contributed by atoms with Gasteiger partial charge in [0.25, 0.3) is 0 Å². The second kappa shape index (κ2) is 48.7. The lowest BCUT2D eigenvalue weighted by Gasteiger charge is -2.34. The summed E-state index contributed by atoms with van der Waals surface area (Å²) in [5.74, 6) is -1.85. The van der Waals surface area contributed by atoms with Crippen LogP contribution in [0.4, 0.5) is 0 Å². The maximum Gasteiger partial charge on any atom is 0.306 e. The van der Waals surface area contributed by atoms with Crippen LogP contribution in [0.25, 0.3) is 0 Å². The number of aliphatic carboxylic acids is 1. The third kappa shape index (κ3) is 46.3. The van der Waals surface area contributed by atoms with Gasteiger partial charge in [-0.25, -0.2) is 0 Å². The Hall–Kier alpha value is -4.79. The summed E-state index contributed by atoms with van der Waals surface area (Å²) in [5, 5.41) is 11.7. The molecule has 0 saturated carbocycles. The first-order valence-corrected chi connectivity index (χ1v) is 25.9. The first-order chi connectivity index (χ1) is 33.1. The Morgan fingerprint density at radius 2 is 0.779 bits per heavy atom. The molecular weight excluding hydrogens is 847 g/mol. The first kappa shape index (κ1) is 63.2. The number of carbonyl (C=O) groups is 3.